The van der Waals surface area contributed by atoms with Gasteiger partial charge in [-0.1, -0.05) is 0 Å². The van der Waals surface area contributed by atoms with E-state index in [1.54, 1.807) is 12.5 Å². The number of fused-ring (bicyclic) bond motifs is 2. The number of aromatic nitrogens is 6. The normalized spacial score (nSPS) is 13.6. The van der Waals surface area contributed by atoms with E-state index in [0.29, 0.717) is 16.9 Å². The summed E-state index contributed by atoms with van der Waals surface area (Å²) in [6, 6.07) is 11.9. The Balaban J connectivity index is 1.26. The number of rotatable bonds is 5. The third-order valence-corrected chi connectivity index (χ3v) is 6.12. The molecule has 6 rings (SSSR count). The average molecular weight is 453 g/mol. The van der Waals surface area contributed by atoms with Crippen molar-refractivity contribution in [3.63, 3.8) is 0 Å². The molecule has 1 aliphatic rings. The van der Waals surface area contributed by atoms with Crippen LogP contribution in [0.2, 0.25) is 0 Å². The molecule has 0 saturated carbocycles. The number of hydrogen-bond donors (Lipinski definition) is 1. The molecule has 2 aromatic carbocycles. The smallest absolute Gasteiger partial charge is 0.226 e. The summed E-state index contributed by atoms with van der Waals surface area (Å²) >= 11 is 0. The van der Waals surface area contributed by atoms with Crippen LogP contribution >= 0.6 is 0 Å². The van der Waals surface area contributed by atoms with E-state index in [4.69, 9.17) is 9.72 Å². The number of hydrogen-bond acceptors (Lipinski definition) is 8. The molecule has 0 radical (unpaired) electrons. The van der Waals surface area contributed by atoms with Gasteiger partial charge < -0.3 is 19.5 Å². The Morgan fingerprint density at radius 3 is 2.68 bits per heavy atom. The summed E-state index contributed by atoms with van der Waals surface area (Å²) in [6.07, 6.45) is 7.43. The quantitative estimate of drug-likeness (QED) is 0.408. The highest BCUT2D eigenvalue weighted by molar-refractivity contribution is 5.87. The van der Waals surface area contributed by atoms with E-state index in [-0.39, 0.29) is 0 Å². The molecule has 1 fully saturated rings. The second kappa shape index (κ2) is 8.26. The maximum atomic E-state index is 6.15. The Hall–Kier alpha value is -4.27. The standard InChI is InChI=1S/C25H24N8O/c1-16-11-17(5-8-22(16)34-18-6-7-21-19(12-18)29-15-32(21)2)30-24-23-20(27-14-28-24)13-26-25(31-23)33-9-3-4-10-33/h5-8,11-15H,3-4,9-10H2,1-2H3,(H,27,28,30). The summed E-state index contributed by atoms with van der Waals surface area (Å²) in [7, 11) is 1.98. The Labute approximate surface area is 196 Å². The van der Waals surface area contributed by atoms with Gasteiger partial charge in [0.15, 0.2) is 5.82 Å². The third-order valence-electron chi connectivity index (χ3n) is 6.12. The first-order valence-electron chi connectivity index (χ1n) is 11.3. The molecule has 0 amide bonds. The van der Waals surface area contributed by atoms with Gasteiger partial charge in [-0.3, -0.25) is 0 Å². The van der Waals surface area contributed by atoms with E-state index in [2.05, 4.69) is 30.2 Å². The molecule has 0 spiro atoms. The monoisotopic (exact) mass is 452 g/mol. The summed E-state index contributed by atoms with van der Waals surface area (Å²) in [5.74, 6) is 2.92. The number of imidazole rings is 1. The van der Waals surface area contributed by atoms with Gasteiger partial charge in [0, 0.05) is 31.9 Å². The number of nitrogens with zero attached hydrogens (tertiary/aromatic N) is 7. The lowest BCUT2D eigenvalue weighted by molar-refractivity contribution is 0.479. The first kappa shape index (κ1) is 20.3. The lowest BCUT2D eigenvalue weighted by Gasteiger charge is -2.16. The molecule has 1 aliphatic heterocycles. The molecule has 5 aromatic rings. The molecular weight excluding hydrogens is 428 g/mol. The van der Waals surface area contributed by atoms with Gasteiger partial charge in [-0.15, -0.1) is 0 Å². The molecule has 9 nitrogen and oxygen atoms in total. The van der Waals surface area contributed by atoms with Crippen LogP contribution in [0, 0.1) is 6.92 Å². The van der Waals surface area contributed by atoms with Crippen LogP contribution in [0.5, 0.6) is 11.5 Å². The number of anilines is 3. The van der Waals surface area contributed by atoms with Gasteiger partial charge in [-0.25, -0.2) is 24.9 Å². The molecule has 0 unspecified atom stereocenters. The van der Waals surface area contributed by atoms with Gasteiger partial charge in [0.25, 0.3) is 0 Å². The minimum absolute atomic E-state index is 0.654. The molecule has 0 bridgehead atoms. The van der Waals surface area contributed by atoms with E-state index in [9.17, 15) is 0 Å². The minimum atomic E-state index is 0.654. The molecule has 34 heavy (non-hydrogen) atoms. The Bertz CT molecular complexity index is 1510. The highest BCUT2D eigenvalue weighted by Gasteiger charge is 2.17. The Kier molecular flexibility index (Phi) is 4.94. The lowest BCUT2D eigenvalue weighted by Crippen LogP contribution is -2.20. The molecule has 4 heterocycles. The molecule has 170 valence electrons. The second-order valence-electron chi connectivity index (χ2n) is 8.53. The second-order valence-corrected chi connectivity index (χ2v) is 8.53. The number of aryl methyl sites for hydroxylation is 2. The van der Waals surface area contributed by atoms with Crippen LogP contribution in [-0.2, 0) is 7.05 Å². The fourth-order valence-electron chi connectivity index (χ4n) is 4.29. The number of benzene rings is 2. The van der Waals surface area contributed by atoms with Crippen LogP contribution in [0.4, 0.5) is 17.5 Å². The first-order chi connectivity index (χ1) is 16.6. The van der Waals surface area contributed by atoms with E-state index < -0.39 is 0 Å². The van der Waals surface area contributed by atoms with Gasteiger partial charge in [0.1, 0.15) is 28.9 Å². The molecule has 0 atom stereocenters. The Morgan fingerprint density at radius 2 is 1.82 bits per heavy atom. The average Bonchev–Trinajstić information content (AvgIpc) is 3.51. The maximum Gasteiger partial charge on any atom is 0.226 e. The van der Waals surface area contributed by atoms with Crippen molar-refractivity contribution >= 4 is 39.5 Å². The Morgan fingerprint density at radius 1 is 0.941 bits per heavy atom. The van der Waals surface area contributed by atoms with E-state index >= 15 is 0 Å². The van der Waals surface area contributed by atoms with Gasteiger partial charge in [-0.2, -0.15) is 0 Å². The van der Waals surface area contributed by atoms with Gasteiger partial charge in [0.05, 0.1) is 23.6 Å². The van der Waals surface area contributed by atoms with Crippen molar-refractivity contribution in [2.75, 3.05) is 23.3 Å². The van der Waals surface area contributed by atoms with Crippen molar-refractivity contribution in [3.8, 4) is 11.5 Å². The molecular formula is C25H24N8O. The summed E-state index contributed by atoms with van der Waals surface area (Å²) in [6.45, 7) is 3.98. The van der Waals surface area contributed by atoms with E-state index in [0.717, 1.165) is 52.8 Å². The highest BCUT2D eigenvalue weighted by Crippen LogP contribution is 2.31. The topological polar surface area (TPSA) is 93.9 Å². The highest BCUT2D eigenvalue weighted by atomic mass is 16.5. The minimum Gasteiger partial charge on any atom is -0.457 e. The molecule has 1 N–H and O–H groups in total. The van der Waals surface area contributed by atoms with Crippen molar-refractivity contribution in [1.29, 1.82) is 0 Å². The lowest BCUT2D eigenvalue weighted by atomic mass is 10.2. The summed E-state index contributed by atoms with van der Waals surface area (Å²) < 4.78 is 8.13. The summed E-state index contributed by atoms with van der Waals surface area (Å²) in [5, 5.41) is 3.40. The van der Waals surface area contributed by atoms with Crippen LogP contribution < -0.4 is 15.0 Å². The first-order valence-corrected chi connectivity index (χ1v) is 11.3. The molecule has 0 aliphatic carbocycles. The zero-order chi connectivity index (χ0) is 23.1. The van der Waals surface area contributed by atoms with Crippen molar-refractivity contribution in [3.05, 3.63) is 60.8 Å². The maximum absolute atomic E-state index is 6.15. The summed E-state index contributed by atoms with van der Waals surface area (Å²) in [4.78, 5) is 24.7. The zero-order valence-corrected chi connectivity index (χ0v) is 19.1. The van der Waals surface area contributed by atoms with Crippen molar-refractivity contribution in [1.82, 2.24) is 29.5 Å². The van der Waals surface area contributed by atoms with E-state index in [1.807, 2.05) is 54.9 Å². The SMILES string of the molecule is Cc1cc(Nc2ncnc3cnc(N4CCCC4)nc23)ccc1Oc1ccc2c(c1)ncn2C. The van der Waals surface area contributed by atoms with E-state index in [1.165, 1.54) is 19.2 Å². The van der Waals surface area contributed by atoms with Crippen molar-refractivity contribution < 1.29 is 4.74 Å². The van der Waals surface area contributed by atoms with Gasteiger partial charge in [-0.05, 0) is 55.7 Å². The van der Waals surface area contributed by atoms with Crippen LogP contribution in [0.25, 0.3) is 22.1 Å². The number of nitrogens with one attached hydrogen (secondary N) is 1. The fourth-order valence-corrected chi connectivity index (χ4v) is 4.29. The molecule has 3 aromatic heterocycles. The van der Waals surface area contributed by atoms with Crippen molar-refractivity contribution in [2.45, 2.75) is 19.8 Å². The van der Waals surface area contributed by atoms with Crippen LogP contribution in [0.15, 0.2) is 55.2 Å². The largest absolute Gasteiger partial charge is 0.457 e. The number of ether oxygens (including phenoxy) is 1. The molecule has 9 heteroatoms. The summed E-state index contributed by atoms with van der Waals surface area (Å²) in [5.41, 5.74) is 5.28. The van der Waals surface area contributed by atoms with Crippen molar-refractivity contribution in [2.24, 2.45) is 7.05 Å². The fraction of sp³-hybridized carbons (Fsp3) is 0.240. The zero-order valence-electron chi connectivity index (χ0n) is 19.1. The van der Waals surface area contributed by atoms with Crippen LogP contribution in [0.1, 0.15) is 18.4 Å². The van der Waals surface area contributed by atoms with Crippen LogP contribution in [-0.4, -0.2) is 42.6 Å². The van der Waals surface area contributed by atoms with Crippen LogP contribution in [0.3, 0.4) is 0 Å². The van der Waals surface area contributed by atoms with Gasteiger partial charge >= 0.3 is 0 Å². The third kappa shape index (κ3) is 3.75. The predicted octanol–water partition coefficient (Wildman–Crippen LogP) is 4.75. The molecule has 1 saturated heterocycles. The predicted molar refractivity (Wildman–Crippen MR) is 132 cm³/mol. The van der Waals surface area contributed by atoms with Gasteiger partial charge in [0.2, 0.25) is 5.95 Å².